The SMILES string of the molecule is CS(=O)(=O)Nc1ccccc1-c1c[c]ccc1. The van der Waals surface area contributed by atoms with Gasteiger partial charge in [-0.1, -0.05) is 36.4 Å². The van der Waals surface area contributed by atoms with Crippen LogP contribution in [0.3, 0.4) is 0 Å². The molecule has 1 radical (unpaired) electrons. The summed E-state index contributed by atoms with van der Waals surface area (Å²) in [7, 11) is -3.27. The van der Waals surface area contributed by atoms with Gasteiger partial charge in [-0.25, -0.2) is 8.42 Å². The molecule has 0 aliphatic carbocycles. The first kappa shape index (κ1) is 11.7. The molecule has 0 fully saturated rings. The number of anilines is 1. The second-order valence-corrected chi connectivity index (χ2v) is 5.46. The molecule has 1 N–H and O–H groups in total. The van der Waals surface area contributed by atoms with Crippen molar-refractivity contribution in [1.82, 2.24) is 0 Å². The van der Waals surface area contributed by atoms with E-state index in [0.29, 0.717) is 5.69 Å². The van der Waals surface area contributed by atoms with E-state index in [0.717, 1.165) is 17.4 Å². The lowest BCUT2D eigenvalue weighted by Gasteiger charge is -2.10. The first-order valence-electron chi connectivity index (χ1n) is 5.09. The Morgan fingerprint density at radius 3 is 2.53 bits per heavy atom. The van der Waals surface area contributed by atoms with E-state index in [9.17, 15) is 8.42 Å². The van der Waals surface area contributed by atoms with Gasteiger partial charge in [0.25, 0.3) is 0 Å². The van der Waals surface area contributed by atoms with Crippen molar-refractivity contribution in [1.29, 1.82) is 0 Å². The summed E-state index contributed by atoms with van der Waals surface area (Å²) < 4.78 is 25.0. The van der Waals surface area contributed by atoms with Gasteiger partial charge in [0.1, 0.15) is 0 Å². The topological polar surface area (TPSA) is 46.2 Å². The zero-order valence-corrected chi connectivity index (χ0v) is 10.2. The first-order chi connectivity index (χ1) is 8.06. The lowest BCUT2D eigenvalue weighted by atomic mass is 10.0. The van der Waals surface area contributed by atoms with Gasteiger partial charge in [0.05, 0.1) is 11.9 Å². The monoisotopic (exact) mass is 246 g/mol. The van der Waals surface area contributed by atoms with Crippen molar-refractivity contribution in [2.24, 2.45) is 0 Å². The Labute approximate surface area is 101 Å². The van der Waals surface area contributed by atoms with Crippen LogP contribution >= 0.6 is 0 Å². The highest BCUT2D eigenvalue weighted by Crippen LogP contribution is 2.27. The van der Waals surface area contributed by atoms with E-state index in [4.69, 9.17) is 0 Å². The van der Waals surface area contributed by atoms with E-state index < -0.39 is 10.0 Å². The van der Waals surface area contributed by atoms with Gasteiger partial charge in [-0.2, -0.15) is 0 Å². The maximum atomic E-state index is 11.3. The third-order valence-corrected chi connectivity index (χ3v) is 2.83. The molecular formula is C13H12NO2S. The normalized spacial score (nSPS) is 11.1. The summed E-state index contributed by atoms with van der Waals surface area (Å²) in [5, 5.41) is 0. The number of sulfonamides is 1. The molecule has 87 valence electrons. The second kappa shape index (κ2) is 4.59. The molecule has 0 saturated heterocycles. The highest BCUT2D eigenvalue weighted by molar-refractivity contribution is 7.92. The molecular weight excluding hydrogens is 234 g/mol. The van der Waals surface area contributed by atoms with Crippen LogP contribution in [0.25, 0.3) is 11.1 Å². The van der Waals surface area contributed by atoms with Crippen molar-refractivity contribution < 1.29 is 8.42 Å². The minimum Gasteiger partial charge on any atom is -0.283 e. The number of nitrogens with one attached hydrogen (secondary N) is 1. The number of hydrogen-bond acceptors (Lipinski definition) is 2. The van der Waals surface area contributed by atoms with Crippen LogP contribution in [0.1, 0.15) is 0 Å². The van der Waals surface area contributed by atoms with Gasteiger partial charge in [0.15, 0.2) is 0 Å². The van der Waals surface area contributed by atoms with Crippen molar-refractivity contribution in [3.05, 3.63) is 54.6 Å². The molecule has 0 spiro atoms. The molecule has 0 saturated carbocycles. The fourth-order valence-electron chi connectivity index (χ4n) is 1.58. The molecule has 2 rings (SSSR count). The van der Waals surface area contributed by atoms with Crippen LogP contribution in [0.4, 0.5) is 5.69 Å². The third-order valence-electron chi connectivity index (χ3n) is 2.24. The smallest absolute Gasteiger partial charge is 0.229 e. The molecule has 0 unspecified atom stereocenters. The molecule has 0 bridgehead atoms. The summed E-state index contributed by atoms with van der Waals surface area (Å²) in [6, 6.07) is 17.7. The Morgan fingerprint density at radius 2 is 1.88 bits per heavy atom. The number of rotatable bonds is 3. The van der Waals surface area contributed by atoms with E-state index in [1.807, 2.05) is 30.3 Å². The Balaban J connectivity index is 2.49. The van der Waals surface area contributed by atoms with Crippen molar-refractivity contribution in [3.8, 4) is 11.1 Å². The van der Waals surface area contributed by atoms with Crippen molar-refractivity contribution in [2.45, 2.75) is 0 Å². The summed E-state index contributed by atoms with van der Waals surface area (Å²) in [6.45, 7) is 0. The molecule has 2 aromatic rings. The summed E-state index contributed by atoms with van der Waals surface area (Å²) in [6.07, 6.45) is 1.14. The summed E-state index contributed by atoms with van der Waals surface area (Å²) in [5.74, 6) is 0. The van der Waals surface area contributed by atoms with Crippen molar-refractivity contribution in [2.75, 3.05) is 11.0 Å². The highest BCUT2D eigenvalue weighted by Gasteiger charge is 2.07. The Hall–Kier alpha value is -1.81. The van der Waals surface area contributed by atoms with Crippen LogP contribution in [0.15, 0.2) is 48.5 Å². The van der Waals surface area contributed by atoms with Crippen LogP contribution in [-0.4, -0.2) is 14.7 Å². The third kappa shape index (κ3) is 3.07. The number of benzene rings is 2. The maximum absolute atomic E-state index is 11.3. The Bertz CT molecular complexity index is 606. The Morgan fingerprint density at radius 1 is 1.12 bits per heavy atom. The van der Waals surface area contributed by atoms with Gasteiger partial charge < -0.3 is 0 Å². The van der Waals surface area contributed by atoms with Crippen molar-refractivity contribution >= 4 is 15.7 Å². The van der Waals surface area contributed by atoms with Gasteiger partial charge in [-0.3, -0.25) is 4.72 Å². The highest BCUT2D eigenvalue weighted by atomic mass is 32.2. The van der Waals surface area contributed by atoms with Gasteiger partial charge in [0, 0.05) is 5.56 Å². The molecule has 3 nitrogen and oxygen atoms in total. The van der Waals surface area contributed by atoms with E-state index in [-0.39, 0.29) is 0 Å². The first-order valence-corrected chi connectivity index (χ1v) is 6.99. The van der Waals surface area contributed by atoms with Crippen LogP contribution in [0, 0.1) is 6.07 Å². The molecule has 0 amide bonds. The summed E-state index contributed by atoms with van der Waals surface area (Å²) in [5.41, 5.74) is 2.35. The maximum Gasteiger partial charge on any atom is 0.229 e. The molecule has 0 atom stereocenters. The molecule has 0 aliphatic rings. The minimum atomic E-state index is -3.27. The molecule has 4 heteroatoms. The lowest BCUT2D eigenvalue weighted by molar-refractivity contribution is 0.607. The van der Waals surface area contributed by atoms with Crippen LogP contribution in [-0.2, 0) is 10.0 Å². The molecule has 2 aromatic carbocycles. The van der Waals surface area contributed by atoms with Crippen LogP contribution < -0.4 is 4.72 Å². The predicted octanol–water partition coefficient (Wildman–Crippen LogP) is 2.53. The van der Waals surface area contributed by atoms with Gasteiger partial charge in [-0.15, -0.1) is 0 Å². The van der Waals surface area contributed by atoms with Crippen LogP contribution in [0.2, 0.25) is 0 Å². The quantitative estimate of drug-likeness (QED) is 0.904. The second-order valence-electron chi connectivity index (χ2n) is 3.71. The number of hydrogen-bond donors (Lipinski definition) is 1. The minimum absolute atomic E-state index is 0.578. The lowest BCUT2D eigenvalue weighted by Crippen LogP contribution is -2.10. The standard InChI is InChI=1S/C13H12NO2S/c1-17(15,16)14-13-10-6-5-9-12(13)11-7-3-2-4-8-11/h2-3,5-10,14H,1H3. The van der Waals surface area contributed by atoms with Crippen molar-refractivity contribution in [3.63, 3.8) is 0 Å². The fraction of sp³-hybridized carbons (Fsp3) is 0.0769. The van der Waals surface area contributed by atoms with E-state index in [1.54, 1.807) is 18.2 Å². The van der Waals surface area contributed by atoms with E-state index in [2.05, 4.69) is 10.8 Å². The average Bonchev–Trinajstić information content (AvgIpc) is 2.29. The largest absolute Gasteiger partial charge is 0.283 e. The van der Waals surface area contributed by atoms with E-state index in [1.165, 1.54) is 0 Å². The van der Waals surface area contributed by atoms with E-state index >= 15 is 0 Å². The number of para-hydroxylation sites is 1. The molecule has 0 heterocycles. The zero-order chi connectivity index (χ0) is 12.3. The van der Waals surface area contributed by atoms with Crippen LogP contribution in [0.5, 0.6) is 0 Å². The molecule has 17 heavy (non-hydrogen) atoms. The average molecular weight is 246 g/mol. The Kier molecular flexibility index (Phi) is 3.15. The van der Waals surface area contributed by atoms with Gasteiger partial charge >= 0.3 is 0 Å². The predicted molar refractivity (Wildman–Crippen MR) is 69.2 cm³/mol. The molecule has 0 aromatic heterocycles. The fourth-order valence-corrected chi connectivity index (χ4v) is 2.16. The molecule has 0 aliphatic heterocycles. The zero-order valence-electron chi connectivity index (χ0n) is 9.34. The summed E-state index contributed by atoms with van der Waals surface area (Å²) >= 11 is 0. The van der Waals surface area contributed by atoms with Gasteiger partial charge in [0.2, 0.25) is 10.0 Å². The van der Waals surface area contributed by atoms with Gasteiger partial charge in [-0.05, 0) is 23.8 Å². The summed E-state index contributed by atoms with van der Waals surface area (Å²) in [4.78, 5) is 0.